The summed E-state index contributed by atoms with van der Waals surface area (Å²) in [7, 11) is 0. The van der Waals surface area contributed by atoms with Gasteiger partial charge in [-0.05, 0) is 47.0 Å². The molecule has 0 aromatic rings. The zero-order valence-electron chi connectivity index (χ0n) is 11.3. The highest BCUT2D eigenvalue weighted by atomic mass is 16.6. The summed E-state index contributed by atoms with van der Waals surface area (Å²) in [6.45, 7) is 9.39. The Hall–Kier alpha value is -0.770. The Labute approximate surface area is 103 Å². The first-order valence-corrected chi connectivity index (χ1v) is 6.45. The SMILES string of the molecule is C[C@@H]1C[C@@]2(CCO2)CCN1C(=O)OC(C)(C)C. The van der Waals surface area contributed by atoms with Crippen LogP contribution in [0.15, 0.2) is 0 Å². The minimum Gasteiger partial charge on any atom is -0.444 e. The molecular formula is C13H23NO3. The molecule has 0 N–H and O–H groups in total. The lowest BCUT2D eigenvalue weighted by Crippen LogP contribution is -2.57. The monoisotopic (exact) mass is 241 g/mol. The molecule has 17 heavy (non-hydrogen) atoms. The molecule has 0 radical (unpaired) electrons. The third kappa shape index (κ3) is 2.73. The quantitative estimate of drug-likeness (QED) is 0.654. The van der Waals surface area contributed by atoms with Crippen LogP contribution in [0, 0.1) is 0 Å². The molecule has 0 aromatic carbocycles. The Balaban J connectivity index is 1.92. The molecule has 2 heterocycles. The Morgan fingerprint density at radius 2 is 2.06 bits per heavy atom. The lowest BCUT2D eigenvalue weighted by atomic mass is 9.81. The fourth-order valence-corrected chi connectivity index (χ4v) is 2.64. The summed E-state index contributed by atoms with van der Waals surface area (Å²) < 4.78 is 11.1. The van der Waals surface area contributed by atoms with Gasteiger partial charge in [0.15, 0.2) is 0 Å². The Morgan fingerprint density at radius 1 is 1.41 bits per heavy atom. The lowest BCUT2D eigenvalue weighted by molar-refractivity contribution is -0.179. The second-order valence-corrected chi connectivity index (χ2v) is 6.26. The molecule has 0 bridgehead atoms. The molecule has 0 aliphatic carbocycles. The molecule has 0 saturated carbocycles. The average Bonchev–Trinajstić information content (AvgIpc) is 2.12. The molecule has 2 atom stereocenters. The number of carbonyl (C=O) groups excluding carboxylic acids is 1. The molecular weight excluding hydrogens is 218 g/mol. The zero-order valence-corrected chi connectivity index (χ0v) is 11.3. The molecule has 98 valence electrons. The van der Waals surface area contributed by atoms with Gasteiger partial charge in [-0.3, -0.25) is 0 Å². The van der Waals surface area contributed by atoms with E-state index in [0.717, 1.165) is 32.4 Å². The van der Waals surface area contributed by atoms with Crippen molar-refractivity contribution in [3.63, 3.8) is 0 Å². The number of nitrogens with zero attached hydrogens (tertiary/aromatic N) is 1. The van der Waals surface area contributed by atoms with Crippen molar-refractivity contribution in [1.82, 2.24) is 4.90 Å². The number of carbonyl (C=O) groups is 1. The van der Waals surface area contributed by atoms with E-state index in [4.69, 9.17) is 9.47 Å². The molecule has 1 spiro atoms. The number of piperidine rings is 1. The van der Waals surface area contributed by atoms with Crippen LogP contribution < -0.4 is 0 Å². The fraction of sp³-hybridized carbons (Fsp3) is 0.923. The second kappa shape index (κ2) is 4.16. The maximum absolute atomic E-state index is 12.0. The first-order valence-electron chi connectivity index (χ1n) is 6.45. The average molecular weight is 241 g/mol. The van der Waals surface area contributed by atoms with Crippen LogP contribution in [0.25, 0.3) is 0 Å². The highest BCUT2D eigenvalue weighted by Gasteiger charge is 2.45. The molecule has 0 unspecified atom stereocenters. The van der Waals surface area contributed by atoms with E-state index in [1.54, 1.807) is 0 Å². The molecule has 0 aromatic heterocycles. The summed E-state index contributed by atoms with van der Waals surface area (Å²) in [5, 5.41) is 0. The first-order chi connectivity index (χ1) is 7.81. The van der Waals surface area contributed by atoms with Crippen molar-refractivity contribution in [1.29, 1.82) is 0 Å². The van der Waals surface area contributed by atoms with Gasteiger partial charge in [0, 0.05) is 12.6 Å². The van der Waals surface area contributed by atoms with Crippen LogP contribution in [0.2, 0.25) is 0 Å². The van der Waals surface area contributed by atoms with Gasteiger partial charge in [-0.1, -0.05) is 0 Å². The third-order valence-corrected chi connectivity index (χ3v) is 3.60. The number of hydrogen-bond donors (Lipinski definition) is 0. The van der Waals surface area contributed by atoms with Crippen LogP contribution in [0.4, 0.5) is 4.79 Å². The molecule has 2 fully saturated rings. The predicted octanol–water partition coefficient (Wildman–Crippen LogP) is 2.56. The van der Waals surface area contributed by atoms with E-state index in [1.165, 1.54) is 0 Å². The van der Waals surface area contributed by atoms with Crippen LogP contribution in [0.1, 0.15) is 47.0 Å². The van der Waals surface area contributed by atoms with Crippen molar-refractivity contribution in [2.45, 2.75) is 64.2 Å². The van der Waals surface area contributed by atoms with Gasteiger partial charge < -0.3 is 14.4 Å². The van der Waals surface area contributed by atoms with Crippen molar-refractivity contribution >= 4 is 6.09 Å². The third-order valence-electron chi connectivity index (χ3n) is 3.60. The lowest BCUT2D eigenvalue weighted by Gasteiger charge is -2.50. The van der Waals surface area contributed by atoms with Crippen LogP contribution in [-0.4, -0.2) is 41.4 Å². The van der Waals surface area contributed by atoms with Crippen molar-refractivity contribution in [3.8, 4) is 0 Å². The Kier molecular flexibility index (Phi) is 3.10. The molecule has 2 aliphatic heterocycles. The summed E-state index contributed by atoms with van der Waals surface area (Å²) in [6.07, 6.45) is 2.82. The van der Waals surface area contributed by atoms with Gasteiger partial charge in [0.1, 0.15) is 5.60 Å². The number of likely N-dealkylation sites (tertiary alicyclic amines) is 1. The van der Waals surface area contributed by atoms with Crippen LogP contribution in [-0.2, 0) is 9.47 Å². The van der Waals surface area contributed by atoms with Crippen molar-refractivity contribution in [2.75, 3.05) is 13.2 Å². The number of ether oxygens (including phenoxy) is 2. The van der Waals surface area contributed by atoms with Crippen LogP contribution in [0.3, 0.4) is 0 Å². The normalized spacial score (nSPS) is 33.4. The van der Waals surface area contributed by atoms with Crippen molar-refractivity contribution in [2.24, 2.45) is 0 Å². The maximum Gasteiger partial charge on any atom is 0.410 e. The summed E-state index contributed by atoms with van der Waals surface area (Å²) in [5.74, 6) is 0. The molecule has 4 nitrogen and oxygen atoms in total. The van der Waals surface area contributed by atoms with Crippen molar-refractivity contribution in [3.05, 3.63) is 0 Å². The number of rotatable bonds is 0. The summed E-state index contributed by atoms with van der Waals surface area (Å²) >= 11 is 0. The van der Waals surface area contributed by atoms with E-state index < -0.39 is 5.60 Å². The van der Waals surface area contributed by atoms with Gasteiger partial charge in [0.25, 0.3) is 0 Å². The van der Waals surface area contributed by atoms with E-state index >= 15 is 0 Å². The summed E-state index contributed by atoms with van der Waals surface area (Å²) in [5.41, 5.74) is -0.350. The topological polar surface area (TPSA) is 38.8 Å². The van der Waals surface area contributed by atoms with E-state index in [9.17, 15) is 4.79 Å². The van der Waals surface area contributed by atoms with Gasteiger partial charge in [0.05, 0.1) is 12.2 Å². The van der Waals surface area contributed by atoms with E-state index in [0.29, 0.717) is 0 Å². The predicted molar refractivity (Wildman–Crippen MR) is 64.9 cm³/mol. The van der Waals surface area contributed by atoms with Gasteiger partial charge in [-0.2, -0.15) is 0 Å². The standard InChI is InChI=1S/C13H23NO3/c1-10-9-13(6-8-16-13)5-7-14(10)11(15)17-12(2,3)4/h10H,5-9H2,1-4H3/t10-,13+/m1/s1. The molecule has 2 saturated heterocycles. The van der Waals surface area contributed by atoms with Gasteiger partial charge in [-0.15, -0.1) is 0 Å². The van der Waals surface area contributed by atoms with E-state index in [-0.39, 0.29) is 17.7 Å². The highest BCUT2D eigenvalue weighted by molar-refractivity contribution is 5.68. The number of amides is 1. The van der Waals surface area contributed by atoms with Gasteiger partial charge in [0.2, 0.25) is 0 Å². The highest BCUT2D eigenvalue weighted by Crippen LogP contribution is 2.39. The maximum atomic E-state index is 12.0. The van der Waals surface area contributed by atoms with E-state index in [2.05, 4.69) is 6.92 Å². The number of hydrogen-bond acceptors (Lipinski definition) is 3. The van der Waals surface area contributed by atoms with Crippen LogP contribution in [0.5, 0.6) is 0 Å². The van der Waals surface area contributed by atoms with Crippen LogP contribution >= 0.6 is 0 Å². The minimum atomic E-state index is -0.418. The molecule has 2 rings (SSSR count). The fourth-order valence-electron chi connectivity index (χ4n) is 2.64. The first kappa shape index (κ1) is 12.7. The Morgan fingerprint density at radius 3 is 2.47 bits per heavy atom. The Bertz CT molecular complexity index is 304. The minimum absolute atomic E-state index is 0.0674. The van der Waals surface area contributed by atoms with E-state index in [1.807, 2.05) is 25.7 Å². The second-order valence-electron chi connectivity index (χ2n) is 6.26. The largest absolute Gasteiger partial charge is 0.444 e. The summed E-state index contributed by atoms with van der Waals surface area (Å²) in [6, 6.07) is 0.207. The van der Waals surface area contributed by atoms with Gasteiger partial charge >= 0.3 is 6.09 Å². The smallest absolute Gasteiger partial charge is 0.410 e. The zero-order chi connectivity index (χ0) is 12.7. The van der Waals surface area contributed by atoms with Crippen molar-refractivity contribution < 1.29 is 14.3 Å². The van der Waals surface area contributed by atoms with Gasteiger partial charge in [-0.25, -0.2) is 4.79 Å². The molecule has 1 amide bonds. The summed E-state index contributed by atoms with van der Waals surface area (Å²) in [4.78, 5) is 13.8. The molecule has 2 aliphatic rings. The molecule has 4 heteroatoms.